The van der Waals surface area contributed by atoms with Crippen molar-refractivity contribution in [3.8, 4) is 0 Å². The lowest BCUT2D eigenvalue weighted by Crippen LogP contribution is -1.98. The Morgan fingerprint density at radius 2 is 1.95 bits per heavy atom. The highest BCUT2D eigenvalue weighted by Crippen LogP contribution is 2.26. The van der Waals surface area contributed by atoms with Gasteiger partial charge in [-0.1, -0.05) is 35.1 Å². The second-order valence-corrected chi connectivity index (χ2v) is 5.58. The highest BCUT2D eigenvalue weighted by Gasteiger charge is 2.04. The lowest BCUT2D eigenvalue weighted by Gasteiger charge is -2.02. The van der Waals surface area contributed by atoms with Gasteiger partial charge in [0, 0.05) is 11.6 Å². The molecule has 0 saturated carbocycles. The quantitative estimate of drug-likeness (QED) is 0.757. The molecular weight excluding hydrogens is 283 g/mol. The third-order valence-electron chi connectivity index (χ3n) is 2.71. The van der Waals surface area contributed by atoms with Crippen LogP contribution in [0.5, 0.6) is 0 Å². The summed E-state index contributed by atoms with van der Waals surface area (Å²) in [4.78, 5) is 4.40. The average molecular weight is 293 g/mol. The molecule has 2 nitrogen and oxygen atoms in total. The predicted molar refractivity (Wildman–Crippen MR) is 78.4 cm³/mol. The number of anilines is 1. The van der Waals surface area contributed by atoms with Gasteiger partial charge in [0.15, 0.2) is 5.13 Å². The van der Waals surface area contributed by atoms with Gasteiger partial charge in [-0.05, 0) is 35.9 Å². The van der Waals surface area contributed by atoms with Crippen molar-refractivity contribution in [3.63, 3.8) is 0 Å². The summed E-state index contributed by atoms with van der Waals surface area (Å²) in [5.74, 6) is -0.236. The van der Waals surface area contributed by atoms with Crippen molar-refractivity contribution in [2.45, 2.75) is 6.54 Å². The average Bonchev–Trinajstić information content (AvgIpc) is 2.80. The first-order valence-corrected chi connectivity index (χ1v) is 6.94. The van der Waals surface area contributed by atoms with Crippen LogP contribution in [0.3, 0.4) is 0 Å². The van der Waals surface area contributed by atoms with E-state index in [1.807, 2.05) is 24.3 Å². The van der Waals surface area contributed by atoms with E-state index in [2.05, 4.69) is 10.3 Å². The maximum Gasteiger partial charge on any atom is 0.184 e. The molecule has 0 fully saturated rings. The summed E-state index contributed by atoms with van der Waals surface area (Å²) in [5, 5.41) is 4.74. The van der Waals surface area contributed by atoms with E-state index in [0.717, 1.165) is 25.9 Å². The van der Waals surface area contributed by atoms with Crippen LogP contribution >= 0.6 is 22.9 Å². The number of aromatic nitrogens is 1. The minimum absolute atomic E-state index is 0.236. The summed E-state index contributed by atoms with van der Waals surface area (Å²) in [7, 11) is 0. The van der Waals surface area contributed by atoms with Crippen molar-refractivity contribution < 1.29 is 4.39 Å². The number of nitrogens with zero attached hydrogens (tertiary/aromatic N) is 1. The molecule has 3 aromatic rings. The Morgan fingerprint density at radius 1 is 1.16 bits per heavy atom. The monoisotopic (exact) mass is 292 g/mol. The van der Waals surface area contributed by atoms with Gasteiger partial charge < -0.3 is 5.32 Å². The number of hydrogen-bond donors (Lipinski definition) is 1. The van der Waals surface area contributed by atoms with E-state index in [9.17, 15) is 4.39 Å². The van der Waals surface area contributed by atoms with Crippen LogP contribution in [0.4, 0.5) is 9.52 Å². The molecule has 19 heavy (non-hydrogen) atoms. The van der Waals surface area contributed by atoms with Crippen LogP contribution < -0.4 is 5.32 Å². The Kier molecular flexibility index (Phi) is 3.36. The Labute approximate surface area is 118 Å². The fourth-order valence-electron chi connectivity index (χ4n) is 1.75. The normalized spacial score (nSPS) is 10.8. The zero-order valence-electron chi connectivity index (χ0n) is 9.86. The van der Waals surface area contributed by atoms with Crippen molar-refractivity contribution >= 4 is 38.3 Å². The number of hydrogen-bond acceptors (Lipinski definition) is 3. The Hall–Kier alpha value is -1.65. The van der Waals surface area contributed by atoms with Crippen LogP contribution in [0.2, 0.25) is 5.02 Å². The molecule has 5 heteroatoms. The van der Waals surface area contributed by atoms with E-state index in [1.54, 1.807) is 6.07 Å². The largest absolute Gasteiger partial charge is 0.357 e. The third-order valence-corrected chi connectivity index (χ3v) is 3.94. The molecule has 1 N–H and O–H groups in total. The topological polar surface area (TPSA) is 24.9 Å². The predicted octanol–water partition coefficient (Wildman–Crippen LogP) is 4.70. The van der Waals surface area contributed by atoms with E-state index in [-0.39, 0.29) is 5.82 Å². The number of benzene rings is 2. The van der Waals surface area contributed by atoms with Crippen LogP contribution in [0.1, 0.15) is 5.56 Å². The summed E-state index contributed by atoms with van der Waals surface area (Å²) in [6, 6.07) is 12.2. The number of thiazole rings is 1. The fourth-order valence-corrected chi connectivity index (χ4v) is 2.77. The van der Waals surface area contributed by atoms with E-state index in [0.29, 0.717) is 6.54 Å². The second-order valence-electron chi connectivity index (χ2n) is 4.11. The van der Waals surface area contributed by atoms with Gasteiger partial charge in [-0.2, -0.15) is 0 Å². The molecule has 0 spiro atoms. The maximum absolute atomic E-state index is 13.1. The first-order valence-electron chi connectivity index (χ1n) is 5.75. The fraction of sp³-hybridized carbons (Fsp3) is 0.0714. The van der Waals surface area contributed by atoms with Crippen molar-refractivity contribution in [3.05, 3.63) is 58.9 Å². The zero-order valence-corrected chi connectivity index (χ0v) is 11.4. The van der Waals surface area contributed by atoms with Crippen molar-refractivity contribution in [1.29, 1.82) is 0 Å². The van der Waals surface area contributed by atoms with Gasteiger partial charge >= 0.3 is 0 Å². The molecule has 0 aliphatic heterocycles. The van der Waals surface area contributed by atoms with E-state index in [1.165, 1.54) is 23.5 Å². The number of rotatable bonds is 3. The van der Waals surface area contributed by atoms with Crippen molar-refractivity contribution in [1.82, 2.24) is 4.98 Å². The van der Waals surface area contributed by atoms with Gasteiger partial charge in [-0.15, -0.1) is 0 Å². The number of fused-ring (bicyclic) bond motifs is 1. The highest BCUT2D eigenvalue weighted by atomic mass is 35.5. The summed E-state index contributed by atoms with van der Waals surface area (Å²) >= 11 is 7.28. The summed E-state index contributed by atoms with van der Waals surface area (Å²) in [6.45, 7) is 0.666. The van der Waals surface area contributed by atoms with E-state index >= 15 is 0 Å². The van der Waals surface area contributed by atoms with Crippen LogP contribution in [-0.4, -0.2) is 4.98 Å². The SMILES string of the molecule is Fc1ccc2nc(NCc3ccc(Cl)cc3)sc2c1. The van der Waals surface area contributed by atoms with E-state index in [4.69, 9.17) is 11.6 Å². The molecule has 96 valence electrons. The highest BCUT2D eigenvalue weighted by molar-refractivity contribution is 7.22. The Morgan fingerprint density at radius 3 is 2.74 bits per heavy atom. The van der Waals surface area contributed by atoms with Crippen LogP contribution in [0, 0.1) is 5.82 Å². The molecule has 2 aromatic carbocycles. The van der Waals surface area contributed by atoms with Gasteiger partial charge in [0.05, 0.1) is 10.2 Å². The molecule has 0 atom stereocenters. The standard InChI is InChI=1S/C14H10ClFN2S/c15-10-3-1-9(2-4-10)8-17-14-18-12-6-5-11(16)7-13(12)19-14/h1-7H,8H2,(H,17,18). The number of nitrogens with one attached hydrogen (secondary N) is 1. The van der Waals surface area contributed by atoms with Crippen LogP contribution in [-0.2, 0) is 6.54 Å². The lowest BCUT2D eigenvalue weighted by atomic mass is 10.2. The van der Waals surface area contributed by atoms with Crippen LogP contribution in [0.15, 0.2) is 42.5 Å². The Balaban J connectivity index is 1.76. The van der Waals surface area contributed by atoms with Crippen LogP contribution in [0.25, 0.3) is 10.2 Å². The molecule has 0 radical (unpaired) electrons. The molecule has 3 rings (SSSR count). The number of halogens is 2. The minimum atomic E-state index is -0.236. The van der Waals surface area contributed by atoms with Crippen molar-refractivity contribution in [2.75, 3.05) is 5.32 Å². The summed E-state index contributed by atoms with van der Waals surface area (Å²) in [6.07, 6.45) is 0. The molecular formula is C14H10ClFN2S. The Bertz CT molecular complexity index is 709. The molecule has 0 unspecified atom stereocenters. The van der Waals surface area contributed by atoms with E-state index < -0.39 is 0 Å². The van der Waals surface area contributed by atoms with Gasteiger partial charge in [0.1, 0.15) is 5.82 Å². The van der Waals surface area contributed by atoms with Gasteiger partial charge in [0.2, 0.25) is 0 Å². The summed E-state index contributed by atoms with van der Waals surface area (Å²) < 4.78 is 13.9. The lowest BCUT2D eigenvalue weighted by molar-refractivity contribution is 0.630. The van der Waals surface area contributed by atoms with Gasteiger partial charge in [-0.3, -0.25) is 0 Å². The smallest absolute Gasteiger partial charge is 0.184 e. The third kappa shape index (κ3) is 2.85. The zero-order chi connectivity index (χ0) is 13.2. The molecule has 0 saturated heterocycles. The summed E-state index contributed by atoms with van der Waals surface area (Å²) in [5.41, 5.74) is 1.93. The molecule has 0 aliphatic rings. The van der Waals surface area contributed by atoms with Crippen molar-refractivity contribution in [2.24, 2.45) is 0 Å². The molecule has 0 amide bonds. The van der Waals surface area contributed by atoms with Gasteiger partial charge in [-0.25, -0.2) is 9.37 Å². The van der Waals surface area contributed by atoms with Gasteiger partial charge in [0.25, 0.3) is 0 Å². The first-order chi connectivity index (χ1) is 9.20. The second kappa shape index (κ2) is 5.15. The first kappa shape index (κ1) is 12.4. The minimum Gasteiger partial charge on any atom is -0.357 e. The molecule has 1 aromatic heterocycles. The molecule has 1 heterocycles. The molecule has 0 aliphatic carbocycles. The molecule has 0 bridgehead atoms. The maximum atomic E-state index is 13.1.